The van der Waals surface area contributed by atoms with Gasteiger partial charge in [0.15, 0.2) is 0 Å². The average molecular weight is 261 g/mol. The fourth-order valence-electron chi connectivity index (χ4n) is 3.10. The van der Waals surface area contributed by atoms with Crippen LogP contribution in [0.15, 0.2) is 24.3 Å². The lowest BCUT2D eigenvalue weighted by Gasteiger charge is -2.30. The molecule has 2 aliphatic rings. The van der Waals surface area contributed by atoms with E-state index in [0.717, 1.165) is 37.9 Å². The number of carboxylic acids is 1. The monoisotopic (exact) mass is 261 g/mol. The van der Waals surface area contributed by atoms with Gasteiger partial charge in [-0.25, -0.2) is 0 Å². The molecule has 2 N–H and O–H groups in total. The van der Waals surface area contributed by atoms with Crippen LogP contribution in [0.1, 0.15) is 31.2 Å². The van der Waals surface area contributed by atoms with E-state index in [1.165, 1.54) is 5.56 Å². The number of hydrogen-bond acceptors (Lipinski definition) is 3. The third-order valence-corrected chi connectivity index (χ3v) is 4.04. The van der Waals surface area contributed by atoms with Gasteiger partial charge in [0, 0.05) is 12.5 Å². The van der Waals surface area contributed by atoms with E-state index in [1.54, 1.807) is 0 Å². The molecule has 3 rings (SSSR count). The molecule has 0 amide bonds. The van der Waals surface area contributed by atoms with Gasteiger partial charge in [0.2, 0.25) is 0 Å². The number of fused-ring (bicyclic) bond motifs is 1. The van der Waals surface area contributed by atoms with Crippen LogP contribution >= 0.6 is 0 Å². The fourth-order valence-corrected chi connectivity index (χ4v) is 3.10. The summed E-state index contributed by atoms with van der Waals surface area (Å²) in [5.41, 5.74) is 1.26. The molecular weight excluding hydrogens is 242 g/mol. The topological polar surface area (TPSA) is 58.6 Å². The Morgan fingerprint density at radius 1 is 1.37 bits per heavy atom. The molecule has 19 heavy (non-hydrogen) atoms. The first-order valence-electron chi connectivity index (χ1n) is 6.96. The number of carbonyl (C=O) groups is 1. The van der Waals surface area contributed by atoms with Crippen molar-refractivity contribution in [2.75, 3.05) is 0 Å². The smallest absolute Gasteiger partial charge is 0.320 e. The van der Waals surface area contributed by atoms with Crippen molar-refractivity contribution in [3.63, 3.8) is 0 Å². The van der Waals surface area contributed by atoms with Crippen LogP contribution in [0.5, 0.6) is 5.75 Å². The molecule has 1 fully saturated rings. The van der Waals surface area contributed by atoms with E-state index in [4.69, 9.17) is 9.84 Å². The van der Waals surface area contributed by atoms with E-state index >= 15 is 0 Å². The summed E-state index contributed by atoms with van der Waals surface area (Å²) in [4.78, 5) is 11.0. The summed E-state index contributed by atoms with van der Waals surface area (Å²) >= 11 is 0. The summed E-state index contributed by atoms with van der Waals surface area (Å²) in [5.74, 6) is 0.249. The van der Waals surface area contributed by atoms with Gasteiger partial charge < -0.3 is 15.2 Å². The molecule has 1 aromatic rings. The van der Waals surface area contributed by atoms with Crippen molar-refractivity contribution < 1.29 is 14.6 Å². The highest BCUT2D eigenvalue weighted by Crippen LogP contribution is 2.31. The average Bonchev–Trinajstić information content (AvgIpc) is 2.81. The second kappa shape index (κ2) is 5.21. The first-order valence-corrected chi connectivity index (χ1v) is 6.96. The maximum atomic E-state index is 11.0. The first kappa shape index (κ1) is 12.5. The van der Waals surface area contributed by atoms with Gasteiger partial charge >= 0.3 is 5.97 Å². The zero-order chi connectivity index (χ0) is 13.2. The van der Waals surface area contributed by atoms with E-state index in [2.05, 4.69) is 11.4 Å². The molecule has 2 heterocycles. The van der Waals surface area contributed by atoms with Gasteiger partial charge in [0.25, 0.3) is 0 Å². The number of carboxylic acid groups (broad SMARTS) is 1. The van der Waals surface area contributed by atoms with E-state index in [0.29, 0.717) is 0 Å². The van der Waals surface area contributed by atoms with E-state index in [9.17, 15) is 4.79 Å². The van der Waals surface area contributed by atoms with Crippen LogP contribution in [0, 0.1) is 0 Å². The summed E-state index contributed by atoms with van der Waals surface area (Å²) in [6, 6.07) is 7.99. The lowest BCUT2D eigenvalue weighted by atomic mass is 9.93. The number of benzene rings is 1. The third-order valence-electron chi connectivity index (χ3n) is 4.04. The molecule has 0 bridgehead atoms. The Kier molecular flexibility index (Phi) is 3.42. The van der Waals surface area contributed by atoms with Crippen LogP contribution in [0.25, 0.3) is 0 Å². The predicted octanol–water partition coefficient (Wildman–Crippen LogP) is 1.98. The Morgan fingerprint density at radius 2 is 2.21 bits per heavy atom. The minimum absolute atomic E-state index is 0.183. The summed E-state index contributed by atoms with van der Waals surface area (Å²) in [5, 5.41) is 12.3. The van der Waals surface area contributed by atoms with E-state index < -0.39 is 5.97 Å². The zero-order valence-corrected chi connectivity index (χ0v) is 10.8. The van der Waals surface area contributed by atoms with Crippen molar-refractivity contribution in [3.8, 4) is 5.75 Å². The van der Waals surface area contributed by atoms with Crippen LogP contribution < -0.4 is 10.1 Å². The number of aliphatic carboxylic acids is 1. The van der Waals surface area contributed by atoms with Gasteiger partial charge in [0.1, 0.15) is 17.9 Å². The Labute approximate surface area is 112 Å². The Bertz CT molecular complexity index is 449. The molecule has 0 aromatic heterocycles. The van der Waals surface area contributed by atoms with Crippen molar-refractivity contribution in [3.05, 3.63) is 29.8 Å². The van der Waals surface area contributed by atoms with Gasteiger partial charge in [-0.15, -0.1) is 0 Å². The van der Waals surface area contributed by atoms with Crippen LogP contribution in [-0.4, -0.2) is 29.3 Å². The van der Waals surface area contributed by atoms with Crippen molar-refractivity contribution >= 4 is 5.97 Å². The molecule has 2 aliphatic heterocycles. The molecule has 4 heteroatoms. The van der Waals surface area contributed by atoms with Gasteiger partial charge in [-0.1, -0.05) is 18.2 Å². The maximum absolute atomic E-state index is 11.0. The number of rotatable bonds is 3. The Balaban J connectivity index is 1.57. The first-order chi connectivity index (χ1) is 9.22. The third kappa shape index (κ3) is 2.73. The van der Waals surface area contributed by atoms with E-state index in [1.807, 2.05) is 18.2 Å². The number of para-hydroxylation sites is 1. The standard InChI is InChI=1S/C15H19NO3/c17-15(18)13-6-3-5-11(16-13)9-12-8-10-4-1-2-7-14(10)19-12/h1-2,4,7,11-13,16H,3,5-6,8-9H2,(H,17,18). The SMILES string of the molecule is O=C(O)C1CCCC(CC2Cc3ccccc3O2)N1. The minimum Gasteiger partial charge on any atom is -0.490 e. The highest BCUT2D eigenvalue weighted by molar-refractivity contribution is 5.73. The zero-order valence-electron chi connectivity index (χ0n) is 10.8. The normalized spacial score (nSPS) is 29.6. The van der Waals surface area contributed by atoms with Crippen LogP contribution in [-0.2, 0) is 11.2 Å². The number of ether oxygens (including phenoxy) is 1. The Morgan fingerprint density at radius 3 is 3.00 bits per heavy atom. The molecule has 102 valence electrons. The summed E-state index contributed by atoms with van der Waals surface area (Å²) < 4.78 is 5.92. The summed E-state index contributed by atoms with van der Waals surface area (Å²) in [7, 11) is 0. The van der Waals surface area contributed by atoms with Crippen LogP contribution in [0.4, 0.5) is 0 Å². The Hall–Kier alpha value is -1.55. The molecule has 1 aromatic carbocycles. The summed E-state index contributed by atoms with van der Waals surface area (Å²) in [6.45, 7) is 0. The highest BCUT2D eigenvalue weighted by Gasteiger charge is 2.30. The maximum Gasteiger partial charge on any atom is 0.320 e. The van der Waals surface area contributed by atoms with Crippen molar-refractivity contribution in [2.45, 2.75) is 50.3 Å². The second-order valence-electron chi connectivity index (χ2n) is 5.47. The molecule has 0 radical (unpaired) electrons. The molecule has 3 unspecified atom stereocenters. The van der Waals surface area contributed by atoms with Crippen molar-refractivity contribution in [2.24, 2.45) is 0 Å². The molecule has 1 saturated heterocycles. The predicted molar refractivity (Wildman–Crippen MR) is 71.4 cm³/mol. The van der Waals surface area contributed by atoms with Gasteiger partial charge in [0.05, 0.1) is 0 Å². The number of piperidine rings is 1. The lowest BCUT2D eigenvalue weighted by molar-refractivity contribution is -0.140. The molecule has 4 nitrogen and oxygen atoms in total. The van der Waals surface area contributed by atoms with Gasteiger partial charge in [-0.3, -0.25) is 4.79 Å². The van der Waals surface area contributed by atoms with Crippen molar-refractivity contribution in [1.29, 1.82) is 0 Å². The van der Waals surface area contributed by atoms with Crippen LogP contribution in [0.2, 0.25) is 0 Å². The highest BCUT2D eigenvalue weighted by atomic mass is 16.5. The minimum atomic E-state index is -0.736. The fraction of sp³-hybridized carbons (Fsp3) is 0.533. The van der Waals surface area contributed by atoms with E-state index in [-0.39, 0.29) is 18.2 Å². The van der Waals surface area contributed by atoms with Gasteiger partial charge in [-0.05, 0) is 37.3 Å². The lowest BCUT2D eigenvalue weighted by Crippen LogP contribution is -2.48. The summed E-state index contributed by atoms with van der Waals surface area (Å²) in [6.07, 6.45) is 4.76. The number of nitrogens with one attached hydrogen (secondary N) is 1. The molecule has 0 aliphatic carbocycles. The van der Waals surface area contributed by atoms with Gasteiger partial charge in [-0.2, -0.15) is 0 Å². The molecular formula is C15H19NO3. The van der Waals surface area contributed by atoms with Crippen molar-refractivity contribution in [1.82, 2.24) is 5.32 Å². The van der Waals surface area contributed by atoms with Crippen LogP contribution in [0.3, 0.4) is 0 Å². The quantitative estimate of drug-likeness (QED) is 0.873. The molecule has 0 saturated carbocycles. The largest absolute Gasteiger partial charge is 0.490 e. The molecule has 3 atom stereocenters. The second-order valence-corrected chi connectivity index (χ2v) is 5.47. The number of hydrogen-bond donors (Lipinski definition) is 2. The molecule has 0 spiro atoms.